The molecule has 0 aromatic carbocycles. The smallest absolute Gasteiger partial charge is 0.412 e. The minimum Gasteiger partial charge on any atom is -0.412 e. The first-order valence-electron chi connectivity index (χ1n) is 9.03. The van der Waals surface area contributed by atoms with Gasteiger partial charge < -0.3 is 34.0 Å². The zero-order valence-electron chi connectivity index (χ0n) is 21.5. The van der Waals surface area contributed by atoms with Crippen molar-refractivity contribution in [2.75, 3.05) is 14.2 Å². The molecule has 210 valence electrons. The summed E-state index contributed by atoms with van der Waals surface area (Å²) < 4.78 is 17.3. The number of nitrogens with two attached hydrogens (primary N) is 1. The number of quaternary nitrogens is 1. The molecule has 0 aliphatic heterocycles. The number of halogens is 6. The van der Waals surface area contributed by atoms with Crippen LogP contribution < -0.4 is 9.79 Å². The van der Waals surface area contributed by atoms with Gasteiger partial charge in [-0.25, -0.2) is 4.53 Å². The summed E-state index contributed by atoms with van der Waals surface area (Å²) >= 11 is 33.9. The van der Waals surface area contributed by atoms with Crippen LogP contribution in [0.1, 0.15) is 0 Å². The van der Waals surface area contributed by atoms with Crippen LogP contribution in [-0.4, -0.2) is 80.8 Å². The van der Waals surface area contributed by atoms with Gasteiger partial charge >= 0.3 is 37.8 Å². The van der Waals surface area contributed by atoms with Crippen molar-refractivity contribution in [1.29, 1.82) is 0 Å². The molecule has 9 N–H and O–H groups in total. The molecule has 0 saturated heterocycles. The van der Waals surface area contributed by atoms with Gasteiger partial charge in [-0.2, -0.15) is 0 Å². The molecule has 0 aromatic heterocycles. The van der Waals surface area contributed by atoms with E-state index in [1.165, 1.54) is 20.8 Å². The minimum absolute atomic E-state index is 0. The molecule has 0 aromatic rings. The van der Waals surface area contributed by atoms with Crippen LogP contribution in [0.3, 0.4) is 0 Å². The second kappa shape index (κ2) is 20.6. The largest absolute Gasteiger partial charge is 0.491 e. The first kappa shape index (κ1) is 48.7. The normalized spacial score (nSPS) is 12.4. The molecule has 21 heteroatoms. The predicted molar refractivity (Wildman–Crippen MR) is 160 cm³/mol. The van der Waals surface area contributed by atoms with Gasteiger partial charge in [0.1, 0.15) is 8.24 Å². The third kappa shape index (κ3) is 78.8. The molecule has 33 heavy (non-hydrogen) atoms. The lowest BCUT2D eigenvalue weighted by Crippen LogP contribution is -2.98. The highest BCUT2D eigenvalue weighted by molar-refractivity contribution is 7.45. The Balaban J connectivity index is -0.0000000739. The fourth-order valence-electron chi connectivity index (χ4n) is 0.939. The summed E-state index contributed by atoms with van der Waals surface area (Å²) in [5, 5.41) is 1.83. The van der Waals surface area contributed by atoms with Gasteiger partial charge in [-0.3, -0.25) is 5.15 Å². The highest BCUT2D eigenvalue weighted by atomic mass is 35.7. The van der Waals surface area contributed by atoms with E-state index in [0.717, 1.165) is 0 Å². The van der Waals surface area contributed by atoms with Gasteiger partial charge in [0.25, 0.3) is 0 Å². The molecule has 0 bridgehead atoms. The van der Waals surface area contributed by atoms with Crippen LogP contribution in [0.5, 0.6) is 0 Å². The van der Waals surface area contributed by atoms with Gasteiger partial charge in [0.05, 0.1) is 0 Å². The second-order valence-corrected chi connectivity index (χ2v) is 42.2. The van der Waals surface area contributed by atoms with E-state index >= 15 is 0 Å². The molecule has 0 amide bonds. The standard InChI is InChI=1S/C4H14Cl2NOSi2.C4H13Cl2NSi2.C2H6Cl2OSi.C2H8O3Si.2H2O/c1-9(2,3)7-8-10(4,5)6;1-8(2,3)7-9(4,5)6;2*1-5-6(2,3)4;;/h7H2,1-4H3;7H,1-4H3;1-2H3;3-4H,1-2H3;2*1H2/q+1;;;;;. The lowest BCUT2D eigenvalue weighted by atomic mass is 11.8. The topological polar surface area (TPSA) is 160 Å². The van der Waals surface area contributed by atoms with Crippen LogP contribution in [0.15, 0.2) is 0 Å². The third-order valence-corrected chi connectivity index (χ3v) is 13.0. The quantitative estimate of drug-likeness (QED) is 0.181. The van der Waals surface area contributed by atoms with Crippen molar-refractivity contribution in [1.82, 2.24) is 4.65 Å². The summed E-state index contributed by atoms with van der Waals surface area (Å²) in [4.78, 5) is 16.6. The van der Waals surface area contributed by atoms with Gasteiger partial charge in [-0.15, -0.1) is 66.5 Å². The number of hydrogen-bond donors (Lipinski definition) is 4. The number of nitrogens with one attached hydrogen (secondary N) is 1. The van der Waals surface area contributed by atoms with Gasteiger partial charge in [-0.05, 0) is 39.3 Å². The Morgan fingerprint density at radius 3 is 0.939 bits per heavy atom. The predicted octanol–water partition coefficient (Wildman–Crippen LogP) is 3.04. The maximum absolute atomic E-state index is 8.30. The summed E-state index contributed by atoms with van der Waals surface area (Å²) in [6, 6.07) is 0. The molecule has 0 unspecified atom stereocenters. The number of rotatable bonds is 7. The Morgan fingerprint density at radius 1 is 0.636 bits per heavy atom. The molecule has 0 saturated carbocycles. The number of hydrogen-bond acceptors (Lipinski definition) is 6. The van der Waals surface area contributed by atoms with Crippen molar-refractivity contribution < 1.29 is 39.1 Å². The monoisotopic (exact) mass is 707 g/mol. The van der Waals surface area contributed by atoms with Gasteiger partial charge in [0.15, 0.2) is 0 Å². The first-order chi connectivity index (χ1) is 13.0. The van der Waals surface area contributed by atoms with E-state index < -0.39 is 46.0 Å². The third-order valence-electron chi connectivity index (χ3n) is 1.96. The Bertz CT molecular complexity index is 413. The summed E-state index contributed by atoms with van der Waals surface area (Å²) in [5.41, 5.74) is 0. The highest BCUT2D eigenvalue weighted by Crippen LogP contribution is 2.13. The summed E-state index contributed by atoms with van der Waals surface area (Å²) in [7, 11) is -2.85. The van der Waals surface area contributed by atoms with E-state index in [1.807, 2.05) is 11.7 Å². The lowest BCUT2D eigenvalue weighted by molar-refractivity contribution is -0.769. The van der Waals surface area contributed by atoms with Crippen LogP contribution in [0.25, 0.3) is 0 Å². The van der Waals surface area contributed by atoms with Gasteiger partial charge in [-0.1, -0.05) is 19.6 Å². The Labute approximate surface area is 234 Å². The summed E-state index contributed by atoms with van der Waals surface area (Å²) in [5.74, 6) is 0. The molecular formula is C12H45Cl6N2O7Si6+. The SMILES string of the molecule is CO[Si](C)(Cl)Cl.CO[Si](C)(O)O.C[Si](C)(C)N[Si](C)(Cl)Cl.C[Si](C)(C)[NH2+]O[Si](C)(Cl)Cl.O.O. The van der Waals surface area contributed by atoms with Crippen molar-refractivity contribution in [3.8, 4) is 0 Å². The van der Waals surface area contributed by atoms with E-state index in [2.05, 4.69) is 52.8 Å². The Kier molecular flexibility index (Phi) is 30.4. The average molecular weight is 711 g/mol. The summed E-state index contributed by atoms with van der Waals surface area (Å²) in [6.07, 6.45) is 0. The fraction of sp³-hybridized carbons (Fsp3) is 1.00. The van der Waals surface area contributed by atoms with Crippen molar-refractivity contribution >= 4 is 112 Å². The first-order valence-corrected chi connectivity index (χ1v) is 31.8. The van der Waals surface area contributed by atoms with Crippen LogP contribution in [0.2, 0.25) is 65.5 Å². The average Bonchev–Trinajstić information content (AvgIpc) is 2.40. The van der Waals surface area contributed by atoms with Gasteiger partial charge in [0.2, 0.25) is 0 Å². The van der Waals surface area contributed by atoms with Crippen LogP contribution in [0, 0.1) is 0 Å². The zero-order valence-corrected chi connectivity index (χ0v) is 32.0. The van der Waals surface area contributed by atoms with E-state index in [1.54, 1.807) is 13.1 Å². The molecule has 0 atom stereocenters. The minimum atomic E-state index is -3.13. The molecule has 0 fully saturated rings. The maximum Gasteiger partial charge on any atom is 0.491 e. The lowest BCUT2D eigenvalue weighted by Gasteiger charge is -2.23. The second-order valence-electron chi connectivity index (χ2n) is 8.82. The van der Waals surface area contributed by atoms with E-state index in [4.69, 9.17) is 80.6 Å². The molecule has 0 aliphatic rings. The van der Waals surface area contributed by atoms with E-state index in [0.29, 0.717) is 0 Å². The molecule has 0 rings (SSSR count). The molecule has 0 spiro atoms. The molecule has 0 radical (unpaired) electrons. The van der Waals surface area contributed by atoms with Crippen molar-refractivity contribution in [3.63, 3.8) is 0 Å². The Morgan fingerprint density at radius 2 is 0.909 bits per heavy atom. The van der Waals surface area contributed by atoms with Crippen molar-refractivity contribution in [3.05, 3.63) is 0 Å². The van der Waals surface area contributed by atoms with E-state index in [9.17, 15) is 0 Å². The molecule has 9 nitrogen and oxygen atoms in total. The van der Waals surface area contributed by atoms with E-state index in [-0.39, 0.29) is 11.0 Å². The van der Waals surface area contributed by atoms with Crippen molar-refractivity contribution in [2.45, 2.75) is 65.5 Å². The highest BCUT2D eigenvalue weighted by Gasteiger charge is 2.31. The molecule has 0 heterocycles. The summed E-state index contributed by atoms with van der Waals surface area (Å²) in [6.45, 7) is 13.1. The van der Waals surface area contributed by atoms with Crippen LogP contribution >= 0.6 is 66.5 Å². The van der Waals surface area contributed by atoms with Crippen LogP contribution in [0.4, 0.5) is 0 Å². The van der Waals surface area contributed by atoms with Crippen LogP contribution in [-0.2, 0) is 13.4 Å². The zero-order chi connectivity index (χ0) is 26.5. The van der Waals surface area contributed by atoms with Gasteiger partial charge in [0, 0.05) is 20.8 Å². The van der Waals surface area contributed by atoms with Crippen molar-refractivity contribution in [2.24, 2.45) is 0 Å². The Hall–Kier alpha value is 2.68. The fourth-order valence-corrected chi connectivity index (χ4v) is 14.4. The maximum atomic E-state index is 8.30. The molecular weight excluding hydrogens is 665 g/mol. The molecule has 0 aliphatic carbocycles.